The molecule has 0 bridgehead atoms. The predicted octanol–water partition coefficient (Wildman–Crippen LogP) is 3.03. The maximum atomic E-state index is 9.80. The largest absolute Gasteiger partial charge is 0.380 e. The lowest BCUT2D eigenvalue weighted by Gasteiger charge is -2.03. The highest BCUT2D eigenvalue weighted by molar-refractivity contribution is 5.34. The summed E-state index contributed by atoms with van der Waals surface area (Å²) in [6.07, 6.45) is 0.959. The van der Waals surface area contributed by atoms with Crippen LogP contribution in [0, 0.1) is 11.8 Å². The van der Waals surface area contributed by atoms with Crippen LogP contribution in [0.1, 0.15) is 17.5 Å². The van der Waals surface area contributed by atoms with Crippen LogP contribution in [0.4, 0.5) is 0 Å². The molecule has 0 heterocycles. The van der Waals surface area contributed by atoms with E-state index in [1.54, 1.807) is 0 Å². The molecule has 1 nitrogen and oxygen atoms in total. The molecule has 0 aliphatic heterocycles. The molecule has 18 heavy (non-hydrogen) atoms. The molecule has 2 aromatic carbocycles. The molecule has 1 N–H and O–H groups in total. The summed E-state index contributed by atoms with van der Waals surface area (Å²) < 4.78 is 0. The zero-order valence-corrected chi connectivity index (χ0v) is 10.2. The zero-order valence-electron chi connectivity index (χ0n) is 10.2. The Morgan fingerprint density at radius 2 is 1.50 bits per heavy atom. The molecule has 0 aliphatic carbocycles. The van der Waals surface area contributed by atoms with Crippen LogP contribution in [0.3, 0.4) is 0 Å². The van der Waals surface area contributed by atoms with Gasteiger partial charge in [-0.1, -0.05) is 60.4 Å². The highest BCUT2D eigenvalue weighted by Gasteiger charge is 1.99. The minimum atomic E-state index is -0.564. The van der Waals surface area contributed by atoms with Gasteiger partial charge in [0.2, 0.25) is 0 Å². The van der Waals surface area contributed by atoms with Crippen molar-refractivity contribution < 1.29 is 5.11 Å². The van der Waals surface area contributed by atoms with Crippen molar-refractivity contribution in [2.75, 3.05) is 0 Å². The Kier molecular flexibility index (Phi) is 4.58. The maximum Gasteiger partial charge on any atom is 0.115 e. The SMILES string of the molecule is O[C@@H](C#Cc1ccccc1)CCc1ccccc1. The van der Waals surface area contributed by atoms with Crippen molar-refractivity contribution >= 4 is 0 Å². The molecule has 0 amide bonds. The lowest BCUT2D eigenvalue weighted by Crippen LogP contribution is -2.04. The number of hydrogen-bond acceptors (Lipinski definition) is 1. The molecular formula is C17H16O. The summed E-state index contributed by atoms with van der Waals surface area (Å²) in [5.41, 5.74) is 2.18. The highest BCUT2D eigenvalue weighted by atomic mass is 16.3. The molecule has 0 aromatic heterocycles. The maximum absolute atomic E-state index is 9.80. The number of hydrogen-bond donors (Lipinski definition) is 1. The van der Waals surface area contributed by atoms with Gasteiger partial charge in [-0.15, -0.1) is 0 Å². The molecule has 0 spiro atoms. The fourth-order valence-electron chi connectivity index (χ4n) is 1.71. The summed E-state index contributed by atoms with van der Waals surface area (Å²) in [6, 6.07) is 19.9. The van der Waals surface area contributed by atoms with Gasteiger partial charge in [-0.3, -0.25) is 0 Å². The summed E-state index contributed by atoms with van der Waals surface area (Å²) in [5, 5.41) is 9.80. The first kappa shape index (κ1) is 12.4. The summed E-state index contributed by atoms with van der Waals surface area (Å²) in [4.78, 5) is 0. The summed E-state index contributed by atoms with van der Waals surface area (Å²) in [6.45, 7) is 0. The van der Waals surface area contributed by atoms with E-state index in [0.717, 1.165) is 12.0 Å². The van der Waals surface area contributed by atoms with Gasteiger partial charge in [-0.05, 0) is 30.5 Å². The molecule has 0 saturated heterocycles. The van der Waals surface area contributed by atoms with Crippen LogP contribution in [0.15, 0.2) is 60.7 Å². The second-order valence-electron chi connectivity index (χ2n) is 4.18. The van der Waals surface area contributed by atoms with E-state index in [-0.39, 0.29) is 0 Å². The Balaban J connectivity index is 1.86. The third-order valence-corrected chi connectivity index (χ3v) is 2.71. The fraction of sp³-hybridized carbons (Fsp3) is 0.176. The second kappa shape index (κ2) is 6.64. The molecular weight excluding hydrogens is 220 g/mol. The lowest BCUT2D eigenvalue weighted by atomic mass is 10.1. The number of benzene rings is 2. The molecule has 1 atom stereocenters. The van der Waals surface area contributed by atoms with E-state index in [9.17, 15) is 5.11 Å². The molecule has 90 valence electrons. The normalized spacial score (nSPS) is 11.4. The molecule has 0 saturated carbocycles. The van der Waals surface area contributed by atoms with Crippen LogP contribution < -0.4 is 0 Å². The van der Waals surface area contributed by atoms with Gasteiger partial charge in [0, 0.05) is 5.56 Å². The molecule has 0 fully saturated rings. The molecule has 0 unspecified atom stereocenters. The highest BCUT2D eigenvalue weighted by Crippen LogP contribution is 2.04. The van der Waals surface area contributed by atoms with E-state index < -0.39 is 6.10 Å². The Bertz CT molecular complexity index is 520. The topological polar surface area (TPSA) is 20.2 Å². The van der Waals surface area contributed by atoms with Crippen molar-refractivity contribution in [1.82, 2.24) is 0 Å². The average molecular weight is 236 g/mol. The van der Waals surface area contributed by atoms with Crippen LogP contribution in [-0.4, -0.2) is 11.2 Å². The van der Waals surface area contributed by atoms with Crippen LogP contribution in [0.5, 0.6) is 0 Å². The third-order valence-electron chi connectivity index (χ3n) is 2.71. The van der Waals surface area contributed by atoms with Crippen LogP contribution in [0.25, 0.3) is 0 Å². The van der Waals surface area contributed by atoms with Crippen molar-refractivity contribution in [3.05, 3.63) is 71.8 Å². The second-order valence-corrected chi connectivity index (χ2v) is 4.18. The monoisotopic (exact) mass is 236 g/mol. The fourth-order valence-corrected chi connectivity index (χ4v) is 1.71. The Hall–Kier alpha value is -2.04. The third kappa shape index (κ3) is 4.08. The lowest BCUT2D eigenvalue weighted by molar-refractivity contribution is 0.222. The minimum absolute atomic E-state index is 0.564. The molecule has 2 aromatic rings. The Morgan fingerprint density at radius 3 is 2.17 bits per heavy atom. The Morgan fingerprint density at radius 1 is 0.889 bits per heavy atom. The number of aryl methyl sites for hydroxylation is 1. The van der Waals surface area contributed by atoms with Crippen LogP contribution in [0.2, 0.25) is 0 Å². The smallest absolute Gasteiger partial charge is 0.115 e. The van der Waals surface area contributed by atoms with Crippen molar-refractivity contribution in [3.63, 3.8) is 0 Å². The first-order valence-electron chi connectivity index (χ1n) is 6.13. The van der Waals surface area contributed by atoms with Crippen LogP contribution in [-0.2, 0) is 6.42 Å². The Labute approximate surface area is 108 Å². The quantitative estimate of drug-likeness (QED) is 0.812. The number of aliphatic hydroxyl groups is 1. The van der Waals surface area contributed by atoms with Gasteiger partial charge >= 0.3 is 0 Å². The van der Waals surface area contributed by atoms with Crippen molar-refractivity contribution in [2.45, 2.75) is 18.9 Å². The van der Waals surface area contributed by atoms with E-state index in [0.29, 0.717) is 6.42 Å². The van der Waals surface area contributed by atoms with Gasteiger partial charge in [0.05, 0.1) is 0 Å². The predicted molar refractivity (Wildman–Crippen MR) is 74.1 cm³/mol. The van der Waals surface area contributed by atoms with Gasteiger partial charge < -0.3 is 5.11 Å². The molecule has 2 rings (SSSR count). The van der Waals surface area contributed by atoms with Gasteiger partial charge in [-0.25, -0.2) is 0 Å². The first-order valence-corrected chi connectivity index (χ1v) is 6.13. The number of rotatable bonds is 3. The molecule has 0 radical (unpaired) electrons. The summed E-state index contributed by atoms with van der Waals surface area (Å²) >= 11 is 0. The van der Waals surface area contributed by atoms with Crippen molar-refractivity contribution in [3.8, 4) is 11.8 Å². The summed E-state index contributed by atoms with van der Waals surface area (Å²) in [7, 11) is 0. The van der Waals surface area contributed by atoms with Crippen LogP contribution >= 0.6 is 0 Å². The standard InChI is InChI=1S/C17H16O/c18-17(13-11-15-7-3-1-4-8-15)14-12-16-9-5-2-6-10-16/h1-10,17-18H,11,13H2/t17-/m1/s1. The first-order chi connectivity index (χ1) is 8.84. The minimum Gasteiger partial charge on any atom is -0.380 e. The summed E-state index contributed by atoms with van der Waals surface area (Å²) in [5.74, 6) is 5.86. The van der Waals surface area contributed by atoms with E-state index in [1.807, 2.05) is 48.5 Å². The van der Waals surface area contributed by atoms with Gasteiger partial charge in [0.15, 0.2) is 0 Å². The molecule has 0 aliphatic rings. The van der Waals surface area contributed by atoms with Crippen molar-refractivity contribution in [2.24, 2.45) is 0 Å². The van der Waals surface area contributed by atoms with Gasteiger partial charge in [0.25, 0.3) is 0 Å². The zero-order chi connectivity index (χ0) is 12.6. The number of aliphatic hydroxyl groups excluding tert-OH is 1. The van der Waals surface area contributed by atoms with Crippen molar-refractivity contribution in [1.29, 1.82) is 0 Å². The van der Waals surface area contributed by atoms with Gasteiger partial charge in [0.1, 0.15) is 6.10 Å². The molecule has 1 heteroatoms. The van der Waals surface area contributed by atoms with E-state index in [4.69, 9.17) is 0 Å². The van der Waals surface area contributed by atoms with E-state index in [2.05, 4.69) is 24.0 Å². The van der Waals surface area contributed by atoms with E-state index in [1.165, 1.54) is 5.56 Å². The average Bonchev–Trinajstić information content (AvgIpc) is 2.45. The van der Waals surface area contributed by atoms with Gasteiger partial charge in [-0.2, -0.15) is 0 Å². The van der Waals surface area contributed by atoms with E-state index >= 15 is 0 Å².